The zero-order valence-electron chi connectivity index (χ0n) is 24.4. The second-order valence-electron chi connectivity index (χ2n) is 11.2. The third-order valence-corrected chi connectivity index (χ3v) is 9.08. The summed E-state index contributed by atoms with van der Waals surface area (Å²) in [4.78, 5) is 35.9. The summed E-state index contributed by atoms with van der Waals surface area (Å²) in [5.41, 5.74) is 2.41. The standard InChI is InChI=1S/C31H38N4O5S/c1-8-19-13-31(19,30(37)39-9-2)35-28(36)27-18(6)25(14-32-27)40-24-12-21(29-34-22(15-41-29)16(3)4)33-26-17(5)23(38-7)11-10-20(24)26/h8,10-12,15-16,18-19,25,27,32H,1,9,13-14H2,2-7H3,(H,35,36). The highest BCUT2D eigenvalue weighted by molar-refractivity contribution is 7.13. The average molecular weight is 579 g/mol. The summed E-state index contributed by atoms with van der Waals surface area (Å²) in [6.45, 7) is 14.5. The first kappa shape index (κ1) is 29.0. The molecule has 1 amide bonds. The summed E-state index contributed by atoms with van der Waals surface area (Å²) in [5, 5.41) is 10.0. The summed E-state index contributed by atoms with van der Waals surface area (Å²) in [6, 6.07) is 5.28. The van der Waals surface area contributed by atoms with Gasteiger partial charge in [0, 0.05) is 40.8 Å². The molecule has 41 heavy (non-hydrogen) atoms. The number of benzene rings is 1. The Kier molecular flexibility index (Phi) is 8.07. The van der Waals surface area contributed by atoms with Crippen molar-refractivity contribution in [1.29, 1.82) is 0 Å². The molecule has 1 saturated heterocycles. The lowest BCUT2D eigenvalue weighted by Crippen LogP contribution is -2.53. The molecule has 5 rings (SSSR count). The van der Waals surface area contributed by atoms with Gasteiger partial charge in [0.1, 0.15) is 33.8 Å². The van der Waals surface area contributed by atoms with Crippen LogP contribution in [0.25, 0.3) is 21.6 Å². The van der Waals surface area contributed by atoms with Crippen molar-refractivity contribution in [3.05, 3.63) is 47.5 Å². The van der Waals surface area contributed by atoms with Crippen LogP contribution in [0, 0.1) is 18.8 Å². The van der Waals surface area contributed by atoms with Crippen molar-refractivity contribution in [2.45, 2.75) is 64.6 Å². The van der Waals surface area contributed by atoms with Crippen LogP contribution in [0.4, 0.5) is 0 Å². The van der Waals surface area contributed by atoms with Gasteiger partial charge in [0.2, 0.25) is 5.91 Å². The molecule has 1 aromatic carbocycles. The third-order valence-electron chi connectivity index (χ3n) is 8.20. The molecule has 2 N–H and O–H groups in total. The Morgan fingerprint density at radius 3 is 2.71 bits per heavy atom. The van der Waals surface area contributed by atoms with Crippen LogP contribution in [-0.2, 0) is 14.3 Å². The van der Waals surface area contributed by atoms with Crippen LogP contribution in [-0.4, -0.2) is 59.8 Å². The van der Waals surface area contributed by atoms with E-state index in [1.165, 1.54) is 0 Å². The normalized spacial score (nSPS) is 25.2. The first-order chi connectivity index (χ1) is 19.6. The zero-order chi connectivity index (χ0) is 29.5. The number of aromatic nitrogens is 2. The van der Waals surface area contributed by atoms with E-state index in [2.05, 4.69) is 36.4 Å². The minimum atomic E-state index is -1.04. The number of thiazole rings is 1. The molecule has 2 aromatic heterocycles. The van der Waals surface area contributed by atoms with E-state index in [-0.39, 0.29) is 30.5 Å². The number of fused-ring (bicyclic) bond motifs is 1. The van der Waals surface area contributed by atoms with Gasteiger partial charge in [0.05, 0.1) is 31.0 Å². The molecule has 3 heterocycles. The number of hydrogen-bond donors (Lipinski definition) is 2. The van der Waals surface area contributed by atoms with E-state index in [1.54, 1.807) is 31.4 Å². The first-order valence-corrected chi connectivity index (χ1v) is 15.0. The van der Waals surface area contributed by atoms with Crippen LogP contribution in [0.15, 0.2) is 36.2 Å². The van der Waals surface area contributed by atoms with E-state index in [0.29, 0.717) is 24.6 Å². The smallest absolute Gasteiger partial charge is 0.332 e. The minimum absolute atomic E-state index is 0.141. The molecule has 1 aliphatic heterocycles. The highest BCUT2D eigenvalue weighted by atomic mass is 32.1. The monoisotopic (exact) mass is 578 g/mol. The second kappa shape index (κ2) is 11.4. The number of hydrogen-bond acceptors (Lipinski definition) is 9. The van der Waals surface area contributed by atoms with E-state index < -0.39 is 17.6 Å². The fraction of sp³-hybridized carbons (Fsp3) is 0.484. The zero-order valence-corrected chi connectivity index (χ0v) is 25.3. The van der Waals surface area contributed by atoms with Crippen molar-refractivity contribution in [1.82, 2.24) is 20.6 Å². The maximum Gasteiger partial charge on any atom is 0.332 e. The van der Waals surface area contributed by atoms with Gasteiger partial charge >= 0.3 is 5.97 Å². The SMILES string of the molecule is C=CC1CC1(NC(=O)C1NCC(Oc2cc(-c3nc(C(C)C)cs3)nc3c(C)c(OC)ccc23)C1C)C(=O)OCC. The Bertz CT molecular complexity index is 1490. The number of ether oxygens (including phenoxy) is 3. The van der Waals surface area contributed by atoms with Crippen LogP contribution in [0.5, 0.6) is 11.5 Å². The predicted octanol–water partition coefficient (Wildman–Crippen LogP) is 4.78. The highest BCUT2D eigenvalue weighted by Gasteiger charge is 2.61. The number of esters is 1. The van der Waals surface area contributed by atoms with Gasteiger partial charge in [-0.25, -0.2) is 14.8 Å². The van der Waals surface area contributed by atoms with Crippen molar-refractivity contribution >= 4 is 34.1 Å². The molecular weight excluding hydrogens is 540 g/mol. The molecule has 218 valence electrons. The molecule has 2 aliphatic rings. The molecule has 5 unspecified atom stereocenters. The number of methoxy groups -OCH3 is 1. The van der Waals surface area contributed by atoms with Gasteiger partial charge in [0.15, 0.2) is 0 Å². The predicted molar refractivity (Wildman–Crippen MR) is 159 cm³/mol. The molecule has 3 aromatic rings. The van der Waals surface area contributed by atoms with Crippen molar-refractivity contribution in [3.8, 4) is 22.2 Å². The van der Waals surface area contributed by atoms with Gasteiger partial charge in [-0.1, -0.05) is 26.8 Å². The summed E-state index contributed by atoms with van der Waals surface area (Å²) < 4.78 is 17.5. The average Bonchev–Trinajstić information content (AvgIpc) is 3.25. The number of pyridine rings is 1. The molecule has 0 radical (unpaired) electrons. The molecular formula is C31H38N4O5S. The lowest BCUT2D eigenvalue weighted by Gasteiger charge is -2.24. The molecule has 1 saturated carbocycles. The summed E-state index contributed by atoms with van der Waals surface area (Å²) in [6.07, 6.45) is 1.90. The van der Waals surface area contributed by atoms with Crippen LogP contribution >= 0.6 is 11.3 Å². The Morgan fingerprint density at radius 1 is 1.29 bits per heavy atom. The third kappa shape index (κ3) is 5.30. The topological polar surface area (TPSA) is 112 Å². The minimum Gasteiger partial charge on any atom is -0.496 e. The van der Waals surface area contributed by atoms with Crippen molar-refractivity contribution < 1.29 is 23.8 Å². The summed E-state index contributed by atoms with van der Waals surface area (Å²) in [7, 11) is 1.65. The molecule has 0 spiro atoms. The molecule has 1 aliphatic carbocycles. The first-order valence-electron chi connectivity index (χ1n) is 14.1. The molecule has 5 atom stereocenters. The number of amides is 1. The Hall–Kier alpha value is -3.50. The maximum absolute atomic E-state index is 13.4. The van der Waals surface area contributed by atoms with Crippen LogP contribution < -0.4 is 20.1 Å². The quantitative estimate of drug-likeness (QED) is 0.261. The van der Waals surface area contributed by atoms with Gasteiger partial charge in [0.25, 0.3) is 0 Å². The van der Waals surface area contributed by atoms with Crippen molar-refractivity contribution in [2.75, 3.05) is 20.3 Å². The fourth-order valence-electron chi connectivity index (χ4n) is 5.51. The Morgan fingerprint density at radius 2 is 2.07 bits per heavy atom. The molecule has 9 nitrogen and oxygen atoms in total. The number of nitrogens with zero attached hydrogens (tertiary/aromatic N) is 2. The number of aryl methyl sites for hydroxylation is 1. The lowest BCUT2D eigenvalue weighted by molar-refractivity contribution is -0.149. The van der Waals surface area contributed by atoms with Crippen LogP contribution in [0.3, 0.4) is 0 Å². The number of nitrogens with one attached hydrogen (secondary N) is 2. The largest absolute Gasteiger partial charge is 0.496 e. The number of carbonyl (C=O) groups excluding carboxylic acids is 2. The number of carbonyl (C=O) groups is 2. The van der Waals surface area contributed by atoms with Gasteiger partial charge < -0.3 is 24.8 Å². The van der Waals surface area contributed by atoms with E-state index in [0.717, 1.165) is 38.6 Å². The van der Waals surface area contributed by atoms with E-state index in [1.807, 2.05) is 32.0 Å². The molecule has 0 bridgehead atoms. The molecule has 10 heteroatoms. The summed E-state index contributed by atoms with van der Waals surface area (Å²) >= 11 is 1.56. The van der Waals surface area contributed by atoms with E-state index >= 15 is 0 Å². The lowest BCUT2D eigenvalue weighted by atomic mass is 9.99. The van der Waals surface area contributed by atoms with Crippen molar-refractivity contribution in [3.63, 3.8) is 0 Å². The summed E-state index contributed by atoms with van der Waals surface area (Å²) in [5.74, 6) is 0.760. The van der Waals surface area contributed by atoms with Gasteiger partial charge in [-0.3, -0.25) is 4.79 Å². The maximum atomic E-state index is 13.4. The highest BCUT2D eigenvalue weighted by Crippen LogP contribution is 2.46. The van der Waals surface area contributed by atoms with Gasteiger partial charge in [-0.05, 0) is 38.3 Å². The van der Waals surface area contributed by atoms with Crippen LogP contribution in [0.2, 0.25) is 0 Å². The fourth-order valence-corrected chi connectivity index (χ4v) is 6.45. The van der Waals surface area contributed by atoms with Gasteiger partial charge in [-0.15, -0.1) is 17.9 Å². The Balaban J connectivity index is 1.42. The van der Waals surface area contributed by atoms with Crippen molar-refractivity contribution in [2.24, 2.45) is 11.8 Å². The second-order valence-corrected chi connectivity index (χ2v) is 12.0. The molecule has 2 fully saturated rings. The van der Waals surface area contributed by atoms with E-state index in [9.17, 15) is 9.59 Å². The van der Waals surface area contributed by atoms with Gasteiger partial charge in [-0.2, -0.15) is 0 Å². The van der Waals surface area contributed by atoms with Crippen LogP contribution in [0.1, 0.15) is 51.3 Å². The number of rotatable bonds is 10. The Labute approximate surface area is 244 Å². The van der Waals surface area contributed by atoms with E-state index in [4.69, 9.17) is 24.2 Å².